The number of rotatable bonds is 5. The van der Waals surface area contributed by atoms with Crippen LogP contribution in [0, 0.1) is 5.82 Å². The molecule has 0 aromatic heterocycles. The summed E-state index contributed by atoms with van der Waals surface area (Å²) >= 11 is 1.19. The number of anilines is 1. The summed E-state index contributed by atoms with van der Waals surface area (Å²) in [6, 6.07) is 13.1. The van der Waals surface area contributed by atoms with Gasteiger partial charge in [-0.15, -0.1) is 11.8 Å². The summed E-state index contributed by atoms with van der Waals surface area (Å²) in [5, 5.41) is 2.24. The van der Waals surface area contributed by atoms with Crippen LogP contribution in [-0.4, -0.2) is 16.9 Å². The molecule has 1 atom stereocenters. The van der Waals surface area contributed by atoms with Gasteiger partial charge < -0.3 is 5.32 Å². The number of ketones is 1. The number of benzene rings is 2. The van der Waals surface area contributed by atoms with E-state index in [2.05, 4.69) is 5.32 Å². The van der Waals surface area contributed by atoms with Crippen molar-refractivity contribution in [3.8, 4) is 0 Å². The van der Waals surface area contributed by atoms with E-state index in [-0.39, 0.29) is 17.5 Å². The first-order chi connectivity index (χ1) is 10.5. The number of hydrogen-bond acceptors (Lipinski definition) is 3. The van der Waals surface area contributed by atoms with Gasteiger partial charge in [-0.1, -0.05) is 12.1 Å². The Labute approximate surface area is 132 Å². The standard InChI is InChI=1S/C17H16FNO2S/c1-11(22-16-6-4-3-5-15(16)18)17(21)13-7-9-14(10-8-13)19-12(2)20/h3-11H,1-2H3,(H,19,20). The molecule has 2 aromatic rings. The number of carbonyl (C=O) groups is 2. The Morgan fingerprint density at radius 3 is 2.32 bits per heavy atom. The van der Waals surface area contributed by atoms with Crippen LogP contribution < -0.4 is 5.32 Å². The number of halogens is 1. The van der Waals surface area contributed by atoms with E-state index >= 15 is 0 Å². The Morgan fingerprint density at radius 1 is 1.09 bits per heavy atom. The normalized spacial score (nSPS) is 11.8. The molecule has 0 aliphatic heterocycles. The predicted octanol–water partition coefficient (Wildman–Crippen LogP) is 4.15. The molecule has 3 nitrogen and oxygen atoms in total. The largest absolute Gasteiger partial charge is 0.326 e. The van der Waals surface area contributed by atoms with Crippen LogP contribution in [0.15, 0.2) is 53.4 Å². The Balaban J connectivity index is 2.07. The van der Waals surface area contributed by atoms with Gasteiger partial charge >= 0.3 is 0 Å². The lowest BCUT2D eigenvalue weighted by molar-refractivity contribution is -0.114. The van der Waals surface area contributed by atoms with Gasteiger partial charge in [0.2, 0.25) is 5.91 Å². The molecule has 1 unspecified atom stereocenters. The van der Waals surface area contributed by atoms with Crippen LogP contribution in [0.2, 0.25) is 0 Å². The molecule has 2 rings (SSSR count). The highest BCUT2D eigenvalue weighted by molar-refractivity contribution is 8.00. The number of Topliss-reactive ketones (excluding diaryl/α,β-unsaturated/α-hetero) is 1. The minimum atomic E-state index is -0.400. The number of hydrogen-bond donors (Lipinski definition) is 1. The molecule has 22 heavy (non-hydrogen) atoms. The smallest absolute Gasteiger partial charge is 0.221 e. The van der Waals surface area contributed by atoms with Crippen LogP contribution in [-0.2, 0) is 4.79 Å². The lowest BCUT2D eigenvalue weighted by Crippen LogP contribution is -2.14. The van der Waals surface area contributed by atoms with Gasteiger partial charge in [-0.3, -0.25) is 9.59 Å². The van der Waals surface area contributed by atoms with E-state index in [0.717, 1.165) is 0 Å². The minimum absolute atomic E-state index is 0.0809. The van der Waals surface area contributed by atoms with Gasteiger partial charge in [-0.25, -0.2) is 4.39 Å². The van der Waals surface area contributed by atoms with E-state index in [1.807, 2.05) is 0 Å². The van der Waals surface area contributed by atoms with Gasteiger partial charge in [-0.05, 0) is 43.3 Å². The zero-order chi connectivity index (χ0) is 16.1. The zero-order valence-electron chi connectivity index (χ0n) is 12.3. The maximum Gasteiger partial charge on any atom is 0.221 e. The molecule has 0 fully saturated rings. The van der Waals surface area contributed by atoms with Crippen LogP contribution >= 0.6 is 11.8 Å². The third kappa shape index (κ3) is 4.18. The molecular weight excluding hydrogens is 301 g/mol. The maximum atomic E-state index is 13.6. The molecule has 0 bridgehead atoms. The van der Waals surface area contributed by atoms with Gasteiger partial charge in [0.15, 0.2) is 5.78 Å². The molecule has 0 aliphatic rings. The van der Waals surface area contributed by atoms with Crippen molar-refractivity contribution < 1.29 is 14.0 Å². The Kier molecular flexibility index (Phi) is 5.33. The summed E-state index contributed by atoms with van der Waals surface area (Å²) in [7, 11) is 0. The zero-order valence-corrected chi connectivity index (χ0v) is 13.1. The van der Waals surface area contributed by atoms with E-state index < -0.39 is 5.25 Å². The second kappa shape index (κ2) is 7.22. The van der Waals surface area contributed by atoms with Gasteiger partial charge in [0, 0.05) is 23.1 Å². The van der Waals surface area contributed by atoms with Crippen molar-refractivity contribution in [1.29, 1.82) is 0 Å². The first kappa shape index (κ1) is 16.2. The molecule has 0 saturated carbocycles. The van der Waals surface area contributed by atoms with Gasteiger partial charge in [0.05, 0.1) is 5.25 Å². The van der Waals surface area contributed by atoms with Crippen LogP contribution in [0.3, 0.4) is 0 Å². The second-order valence-corrected chi connectivity index (χ2v) is 6.20. The quantitative estimate of drug-likeness (QED) is 0.665. The van der Waals surface area contributed by atoms with Crippen LogP contribution in [0.25, 0.3) is 0 Å². The summed E-state index contributed by atoms with van der Waals surface area (Å²) in [6.07, 6.45) is 0. The van der Waals surface area contributed by atoms with Crippen molar-refractivity contribution in [2.75, 3.05) is 5.32 Å². The minimum Gasteiger partial charge on any atom is -0.326 e. The summed E-state index contributed by atoms with van der Waals surface area (Å²) in [6.45, 7) is 3.17. The van der Waals surface area contributed by atoms with Crippen molar-refractivity contribution in [3.05, 3.63) is 59.9 Å². The van der Waals surface area contributed by atoms with Crippen molar-refractivity contribution in [2.45, 2.75) is 24.0 Å². The molecule has 2 aromatic carbocycles. The Morgan fingerprint density at radius 2 is 1.73 bits per heavy atom. The van der Waals surface area contributed by atoms with Gasteiger partial charge in [-0.2, -0.15) is 0 Å². The summed E-state index contributed by atoms with van der Waals surface area (Å²) < 4.78 is 13.6. The highest BCUT2D eigenvalue weighted by Gasteiger charge is 2.18. The van der Waals surface area contributed by atoms with Crippen molar-refractivity contribution >= 4 is 29.1 Å². The fourth-order valence-electron chi connectivity index (χ4n) is 1.94. The van der Waals surface area contributed by atoms with Gasteiger partial charge in [0.1, 0.15) is 5.82 Å². The van der Waals surface area contributed by atoms with E-state index in [9.17, 15) is 14.0 Å². The fraction of sp³-hybridized carbons (Fsp3) is 0.176. The second-order valence-electron chi connectivity index (χ2n) is 4.81. The Bertz CT molecular complexity index is 685. The third-order valence-electron chi connectivity index (χ3n) is 3.00. The molecule has 0 aliphatic carbocycles. The van der Waals surface area contributed by atoms with Crippen molar-refractivity contribution in [1.82, 2.24) is 0 Å². The van der Waals surface area contributed by atoms with Crippen molar-refractivity contribution in [2.24, 2.45) is 0 Å². The first-order valence-corrected chi connectivity index (χ1v) is 7.68. The van der Waals surface area contributed by atoms with E-state index in [1.54, 1.807) is 49.4 Å². The molecule has 0 saturated heterocycles. The van der Waals surface area contributed by atoms with Crippen LogP contribution in [0.5, 0.6) is 0 Å². The molecule has 114 valence electrons. The highest BCUT2D eigenvalue weighted by Crippen LogP contribution is 2.28. The Hall–Kier alpha value is -2.14. The number of thioether (sulfide) groups is 1. The average Bonchev–Trinajstić information content (AvgIpc) is 2.49. The van der Waals surface area contributed by atoms with Crippen LogP contribution in [0.1, 0.15) is 24.2 Å². The summed E-state index contributed by atoms with van der Waals surface area (Å²) in [4.78, 5) is 23.8. The predicted molar refractivity (Wildman–Crippen MR) is 86.8 cm³/mol. The number of nitrogens with one attached hydrogen (secondary N) is 1. The summed E-state index contributed by atoms with van der Waals surface area (Å²) in [5.74, 6) is -0.571. The third-order valence-corrected chi connectivity index (χ3v) is 4.15. The molecule has 1 N–H and O–H groups in total. The lowest BCUT2D eigenvalue weighted by Gasteiger charge is -2.11. The average molecular weight is 317 g/mol. The number of carbonyl (C=O) groups excluding carboxylic acids is 2. The first-order valence-electron chi connectivity index (χ1n) is 6.80. The number of amides is 1. The fourth-order valence-corrected chi connectivity index (χ4v) is 2.90. The SMILES string of the molecule is CC(=O)Nc1ccc(C(=O)C(C)Sc2ccccc2F)cc1. The van der Waals surface area contributed by atoms with Crippen molar-refractivity contribution in [3.63, 3.8) is 0 Å². The van der Waals surface area contributed by atoms with Crippen LogP contribution in [0.4, 0.5) is 10.1 Å². The van der Waals surface area contributed by atoms with E-state index in [4.69, 9.17) is 0 Å². The molecule has 0 spiro atoms. The molecular formula is C17H16FNO2S. The molecule has 0 radical (unpaired) electrons. The molecule has 1 amide bonds. The van der Waals surface area contributed by atoms with E-state index in [0.29, 0.717) is 16.1 Å². The molecule has 0 heterocycles. The lowest BCUT2D eigenvalue weighted by atomic mass is 10.1. The monoisotopic (exact) mass is 317 g/mol. The van der Waals surface area contributed by atoms with E-state index in [1.165, 1.54) is 24.8 Å². The molecule has 5 heteroatoms. The maximum absolute atomic E-state index is 13.6. The topological polar surface area (TPSA) is 46.2 Å². The summed E-state index contributed by atoms with van der Waals surface area (Å²) in [5.41, 5.74) is 1.17. The van der Waals surface area contributed by atoms with Gasteiger partial charge in [0.25, 0.3) is 0 Å². The highest BCUT2D eigenvalue weighted by atomic mass is 32.2.